The molecule has 1 aromatic carbocycles. The van der Waals surface area contributed by atoms with Gasteiger partial charge in [-0.2, -0.15) is 5.10 Å². The van der Waals surface area contributed by atoms with E-state index < -0.39 is 0 Å². The van der Waals surface area contributed by atoms with Crippen LogP contribution in [-0.4, -0.2) is 31.6 Å². The summed E-state index contributed by atoms with van der Waals surface area (Å²) in [6.07, 6.45) is 8.36. The molecule has 2 aromatic rings. The van der Waals surface area contributed by atoms with Crippen molar-refractivity contribution in [1.29, 1.82) is 0 Å². The number of amides is 1. The Morgan fingerprint density at radius 2 is 2.04 bits per heavy atom. The molecule has 6 heteroatoms. The maximum Gasteiger partial charge on any atom is 0.244 e. The molecule has 1 saturated carbocycles. The van der Waals surface area contributed by atoms with Crippen molar-refractivity contribution in [1.82, 2.24) is 19.7 Å². The lowest BCUT2D eigenvalue weighted by Crippen LogP contribution is -2.42. The number of carbonyl (C=O) groups is 1. The van der Waals surface area contributed by atoms with Gasteiger partial charge >= 0.3 is 0 Å². The van der Waals surface area contributed by atoms with Gasteiger partial charge < -0.3 is 4.90 Å². The largest absolute Gasteiger partial charge is 0.334 e. The molecule has 0 unspecified atom stereocenters. The van der Waals surface area contributed by atoms with Crippen molar-refractivity contribution in [2.24, 2.45) is 0 Å². The fourth-order valence-corrected chi connectivity index (χ4v) is 3.17. The van der Waals surface area contributed by atoms with E-state index in [0.717, 1.165) is 25.7 Å². The molecule has 1 aliphatic carbocycles. The summed E-state index contributed by atoms with van der Waals surface area (Å²) in [4.78, 5) is 18.4. The van der Waals surface area contributed by atoms with E-state index in [2.05, 4.69) is 10.1 Å². The molecule has 23 heavy (non-hydrogen) atoms. The van der Waals surface area contributed by atoms with Crippen LogP contribution in [0.4, 0.5) is 4.39 Å². The van der Waals surface area contributed by atoms with E-state index in [9.17, 15) is 9.18 Å². The van der Waals surface area contributed by atoms with Gasteiger partial charge in [0.15, 0.2) is 0 Å². The minimum Gasteiger partial charge on any atom is -0.334 e. The van der Waals surface area contributed by atoms with Gasteiger partial charge in [0.05, 0.1) is 0 Å². The molecule has 3 rings (SSSR count). The van der Waals surface area contributed by atoms with Gasteiger partial charge in [0.2, 0.25) is 5.91 Å². The average Bonchev–Trinajstić information content (AvgIpc) is 3.08. The van der Waals surface area contributed by atoms with Gasteiger partial charge in [0.1, 0.15) is 25.0 Å². The molecule has 1 heterocycles. The van der Waals surface area contributed by atoms with Crippen LogP contribution in [0.1, 0.15) is 37.7 Å². The Bertz CT molecular complexity index is 638. The molecule has 1 aliphatic rings. The van der Waals surface area contributed by atoms with Gasteiger partial charge in [-0.05, 0) is 18.9 Å². The molecule has 0 spiro atoms. The molecule has 0 bridgehead atoms. The zero-order chi connectivity index (χ0) is 16.1. The summed E-state index contributed by atoms with van der Waals surface area (Å²) in [6.45, 7) is 0.454. The van der Waals surface area contributed by atoms with Crippen LogP contribution in [0.5, 0.6) is 0 Å². The maximum atomic E-state index is 14.0. The van der Waals surface area contributed by atoms with Crippen LogP contribution in [0.15, 0.2) is 36.9 Å². The first-order chi connectivity index (χ1) is 11.2. The highest BCUT2D eigenvalue weighted by Crippen LogP contribution is 2.25. The van der Waals surface area contributed by atoms with Crippen molar-refractivity contribution in [2.45, 2.75) is 51.2 Å². The van der Waals surface area contributed by atoms with Gasteiger partial charge in [-0.3, -0.25) is 4.79 Å². The van der Waals surface area contributed by atoms with E-state index in [0.29, 0.717) is 12.1 Å². The van der Waals surface area contributed by atoms with Crippen molar-refractivity contribution in [3.63, 3.8) is 0 Å². The molecule has 0 saturated heterocycles. The van der Waals surface area contributed by atoms with Crippen LogP contribution in [0, 0.1) is 5.82 Å². The molecule has 1 aromatic heterocycles. The third-order valence-electron chi connectivity index (χ3n) is 4.40. The maximum absolute atomic E-state index is 14.0. The fraction of sp³-hybridized carbons (Fsp3) is 0.471. The summed E-state index contributed by atoms with van der Waals surface area (Å²) < 4.78 is 15.5. The highest BCUT2D eigenvalue weighted by molar-refractivity contribution is 5.76. The lowest BCUT2D eigenvalue weighted by atomic mass is 9.93. The topological polar surface area (TPSA) is 51.0 Å². The quantitative estimate of drug-likeness (QED) is 0.852. The summed E-state index contributed by atoms with van der Waals surface area (Å²) >= 11 is 0. The predicted octanol–water partition coefficient (Wildman–Crippen LogP) is 2.78. The Hall–Kier alpha value is -2.24. The predicted molar refractivity (Wildman–Crippen MR) is 83.8 cm³/mol. The number of aromatic nitrogens is 3. The first-order valence-corrected chi connectivity index (χ1v) is 8.09. The van der Waals surface area contributed by atoms with Crippen molar-refractivity contribution >= 4 is 5.91 Å². The number of benzene rings is 1. The minimum atomic E-state index is -0.262. The van der Waals surface area contributed by atoms with E-state index >= 15 is 0 Å². The molecular weight excluding hydrogens is 295 g/mol. The van der Waals surface area contributed by atoms with Crippen molar-refractivity contribution in [3.8, 4) is 0 Å². The Kier molecular flexibility index (Phi) is 5.00. The van der Waals surface area contributed by atoms with E-state index in [1.54, 1.807) is 18.2 Å². The second-order valence-corrected chi connectivity index (χ2v) is 6.00. The van der Waals surface area contributed by atoms with Crippen LogP contribution in [0.25, 0.3) is 0 Å². The SMILES string of the molecule is O=C(Cn1cncn1)N(Cc1ccccc1F)C1CCCCC1. The summed E-state index contributed by atoms with van der Waals surface area (Å²) in [6, 6.07) is 6.84. The van der Waals surface area contributed by atoms with Crippen LogP contribution < -0.4 is 0 Å². The van der Waals surface area contributed by atoms with Gasteiger partial charge in [0, 0.05) is 18.2 Å². The lowest BCUT2D eigenvalue weighted by Gasteiger charge is -2.34. The molecule has 0 aliphatic heterocycles. The highest BCUT2D eigenvalue weighted by Gasteiger charge is 2.26. The molecule has 0 N–H and O–H groups in total. The molecule has 1 fully saturated rings. The third kappa shape index (κ3) is 3.94. The summed E-state index contributed by atoms with van der Waals surface area (Å²) in [5.74, 6) is -0.299. The monoisotopic (exact) mass is 316 g/mol. The number of carbonyl (C=O) groups excluding carboxylic acids is 1. The Labute approximate surface area is 135 Å². The zero-order valence-electron chi connectivity index (χ0n) is 13.1. The highest BCUT2D eigenvalue weighted by atomic mass is 19.1. The van der Waals surface area contributed by atoms with Crippen LogP contribution >= 0.6 is 0 Å². The minimum absolute atomic E-state index is 0.0364. The van der Waals surface area contributed by atoms with Crippen molar-refractivity contribution < 1.29 is 9.18 Å². The lowest BCUT2D eigenvalue weighted by molar-refractivity contribution is -0.135. The van der Waals surface area contributed by atoms with Crippen LogP contribution in [0.3, 0.4) is 0 Å². The van der Waals surface area contributed by atoms with Gasteiger partial charge in [0.25, 0.3) is 0 Å². The summed E-state index contributed by atoms with van der Waals surface area (Å²) in [5.41, 5.74) is 0.560. The van der Waals surface area contributed by atoms with E-state index in [1.807, 2.05) is 4.90 Å². The number of hydrogen-bond donors (Lipinski definition) is 0. The number of hydrogen-bond acceptors (Lipinski definition) is 3. The molecule has 1 amide bonds. The molecule has 122 valence electrons. The van der Waals surface area contributed by atoms with Gasteiger partial charge in [-0.15, -0.1) is 0 Å². The first-order valence-electron chi connectivity index (χ1n) is 8.09. The standard InChI is InChI=1S/C17H21FN4O/c18-16-9-5-4-6-14(16)10-22(15-7-2-1-3-8-15)17(23)11-21-13-19-12-20-21/h4-6,9,12-13,15H,1-3,7-8,10-11H2. The van der Waals surface area contributed by atoms with Crippen molar-refractivity contribution in [2.75, 3.05) is 0 Å². The van der Waals surface area contributed by atoms with E-state index in [-0.39, 0.29) is 24.3 Å². The summed E-state index contributed by atoms with van der Waals surface area (Å²) in [7, 11) is 0. The summed E-state index contributed by atoms with van der Waals surface area (Å²) in [5, 5.41) is 3.99. The normalized spacial score (nSPS) is 15.5. The second-order valence-electron chi connectivity index (χ2n) is 6.00. The zero-order valence-corrected chi connectivity index (χ0v) is 13.1. The fourth-order valence-electron chi connectivity index (χ4n) is 3.17. The third-order valence-corrected chi connectivity index (χ3v) is 4.40. The molecular formula is C17H21FN4O. The molecule has 0 atom stereocenters. The van der Waals surface area contributed by atoms with Gasteiger partial charge in [-0.1, -0.05) is 37.5 Å². The van der Waals surface area contributed by atoms with Crippen LogP contribution in [0.2, 0.25) is 0 Å². The number of nitrogens with zero attached hydrogens (tertiary/aromatic N) is 4. The average molecular weight is 316 g/mol. The molecule has 5 nitrogen and oxygen atoms in total. The van der Waals surface area contributed by atoms with E-state index in [4.69, 9.17) is 0 Å². The van der Waals surface area contributed by atoms with E-state index in [1.165, 1.54) is 29.8 Å². The van der Waals surface area contributed by atoms with Crippen LogP contribution in [-0.2, 0) is 17.9 Å². The Morgan fingerprint density at radius 1 is 1.26 bits per heavy atom. The second kappa shape index (κ2) is 7.35. The smallest absolute Gasteiger partial charge is 0.244 e. The Morgan fingerprint density at radius 3 is 2.74 bits per heavy atom. The number of halogens is 1. The Balaban J connectivity index is 1.78. The van der Waals surface area contributed by atoms with Crippen molar-refractivity contribution in [3.05, 3.63) is 48.3 Å². The first kappa shape index (κ1) is 15.6. The van der Waals surface area contributed by atoms with Gasteiger partial charge in [-0.25, -0.2) is 14.1 Å². The molecule has 0 radical (unpaired) electrons. The number of rotatable bonds is 5.